The first-order valence-corrected chi connectivity index (χ1v) is 32.8. The number of β-amino-alcohol motifs (C(OH)–C–C–N with tert-alkyl or cyclic N) is 1. The van der Waals surface area contributed by atoms with Crippen LogP contribution in [0.4, 0.5) is 9.59 Å². The van der Waals surface area contributed by atoms with E-state index in [1.165, 1.54) is 37.1 Å². The summed E-state index contributed by atoms with van der Waals surface area (Å²) >= 11 is 0. The molecule has 3 fully saturated rings. The van der Waals surface area contributed by atoms with Crippen LogP contribution in [0.2, 0.25) is 0 Å². The fourth-order valence-electron chi connectivity index (χ4n) is 13.6. The van der Waals surface area contributed by atoms with Crippen molar-refractivity contribution in [3.8, 4) is 33.8 Å². The second-order valence-corrected chi connectivity index (χ2v) is 25.6. The fraction of sp³-hybridized carbons (Fsp3) is 0.457. The van der Waals surface area contributed by atoms with Crippen LogP contribution in [0.3, 0.4) is 0 Å². The molecule has 28 heteroatoms. The first kappa shape index (κ1) is 71.5. The predicted molar refractivity (Wildman–Crippen MR) is 351 cm³/mol. The van der Waals surface area contributed by atoms with Gasteiger partial charge in [0.1, 0.15) is 50.0 Å². The van der Waals surface area contributed by atoms with Crippen LogP contribution in [0.25, 0.3) is 22.3 Å². The van der Waals surface area contributed by atoms with Crippen LogP contribution in [0, 0.1) is 5.92 Å². The number of carbonyl (C=O) groups excluding carboxylic acids is 8. The maximum atomic E-state index is 15.2. The lowest BCUT2D eigenvalue weighted by molar-refractivity contribution is -0.147. The number of amides is 8. The minimum Gasteiger partial charge on any atom is -0.504 e. The molecule has 98 heavy (non-hydrogen) atoms. The first-order valence-electron chi connectivity index (χ1n) is 32.8. The maximum absolute atomic E-state index is 15.2. The van der Waals surface area contributed by atoms with Crippen LogP contribution in [0.15, 0.2) is 115 Å². The molecule has 28 nitrogen and oxygen atoms in total. The molecule has 5 aromatic rings. The number of nitrogens with one attached hydrogen (secondary N) is 5. The SMILES string of the molecule is COCCN(CCOc1cc(C[C@@H](O)[C@@H]2NC(=O)[C@@H]3C[C@@H](O)CN3C(=O)[C@H]([C@@H](C)O)NC(=O)[C@@H](N)C[C@@H](O)CNC(=O)[C@@H]3[C@@H](O)[C@@H](C)CN3C(=O)[C@H]([C@H](O)CCNC(=O)OCC3c4ccccc4-c4ccccc43)NC2=O)ccc1O)C(=O)OCC1c2ccccc2-c2ccccc21. The Kier molecular flexibility index (Phi) is 23.3. The molecule has 0 unspecified atom stereocenters. The molecular weight excluding hydrogens is 1270 g/mol. The Morgan fingerprint density at radius 3 is 1.80 bits per heavy atom. The van der Waals surface area contributed by atoms with Gasteiger partial charge in [0, 0.05) is 70.4 Å². The summed E-state index contributed by atoms with van der Waals surface area (Å²) in [7, 11) is 1.47. The molecule has 8 amide bonds. The van der Waals surface area contributed by atoms with Crippen LogP contribution >= 0.6 is 0 Å². The lowest BCUT2D eigenvalue weighted by Crippen LogP contribution is -2.64. The lowest BCUT2D eigenvalue weighted by atomic mass is 9.98. The van der Waals surface area contributed by atoms with Gasteiger partial charge >= 0.3 is 12.2 Å². The van der Waals surface area contributed by atoms with E-state index in [0.29, 0.717) is 0 Å². The summed E-state index contributed by atoms with van der Waals surface area (Å²) in [5, 5.41) is 92.4. The van der Waals surface area contributed by atoms with Gasteiger partial charge < -0.3 is 102 Å². The highest BCUT2D eigenvalue weighted by Crippen LogP contribution is 2.46. The van der Waals surface area contributed by atoms with E-state index in [9.17, 15) is 64.5 Å². The van der Waals surface area contributed by atoms with Crippen molar-refractivity contribution in [2.45, 2.75) is 124 Å². The van der Waals surface area contributed by atoms with Crippen LogP contribution in [-0.2, 0) is 49.4 Å². The maximum Gasteiger partial charge on any atom is 0.409 e. The van der Waals surface area contributed by atoms with Crippen molar-refractivity contribution < 1.29 is 93.0 Å². The number of methoxy groups -OCH3 is 1. The summed E-state index contributed by atoms with van der Waals surface area (Å²) in [5.41, 5.74) is 14.3. The number of nitrogens with two attached hydrogens (primary N) is 1. The van der Waals surface area contributed by atoms with Crippen molar-refractivity contribution in [2.75, 3.05) is 72.8 Å². The van der Waals surface area contributed by atoms with Crippen molar-refractivity contribution in [1.29, 1.82) is 0 Å². The average molecular weight is 1360 g/mol. The molecule has 3 saturated heterocycles. The van der Waals surface area contributed by atoms with E-state index >= 15 is 9.59 Å². The van der Waals surface area contributed by atoms with Gasteiger partial charge in [-0.3, -0.25) is 28.8 Å². The summed E-state index contributed by atoms with van der Waals surface area (Å²) in [6, 6.07) is 24.1. The van der Waals surface area contributed by atoms with Crippen LogP contribution in [0.5, 0.6) is 11.5 Å². The zero-order valence-electron chi connectivity index (χ0n) is 54.5. The van der Waals surface area contributed by atoms with Gasteiger partial charge in [0.05, 0.1) is 55.8 Å². The zero-order chi connectivity index (χ0) is 70.1. The topological polar surface area (TPSA) is 411 Å². The van der Waals surface area contributed by atoms with Crippen molar-refractivity contribution in [3.63, 3.8) is 0 Å². The van der Waals surface area contributed by atoms with Crippen molar-refractivity contribution >= 4 is 47.6 Å². The highest BCUT2D eigenvalue weighted by molar-refractivity contribution is 5.98. The molecule has 10 rings (SSSR count). The summed E-state index contributed by atoms with van der Waals surface area (Å²) < 4.78 is 22.9. The minimum absolute atomic E-state index is 0.0354. The Labute approximate surface area is 565 Å². The van der Waals surface area contributed by atoms with E-state index in [1.54, 1.807) is 0 Å². The number of benzene rings is 5. The number of aromatic hydroxyl groups is 1. The van der Waals surface area contributed by atoms with Crippen molar-refractivity contribution in [3.05, 3.63) is 143 Å². The monoisotopic (exact) mass is 1360 g/mol. The van der Waals surface area contributed by atoms with E-state index in [4.69, 9.17) is 24.7 Å². The summed E-state index contributed by atoms with van der Waals surface area (Å²) in [6.07, 6.45) is -13.7. The van der Waals surface area contributed by atoms with E-state index < -0.39 is 165 Å². The number of hydrogen-bond donors (Lipinski definition) is 13. The number of nitrogens with zero attached hydrogens (tertiary/aromatic N) is 3. The molecule has 0 aromatic heterocycles. The number of aliphatic hydroxyl groups excluding tert-OH is 6. The molecule has 3 heterocycles. The second kappa shape index (κ2) is 32.0. The Hall–Kier alpha value is -9.26. The third-order valence-corrected chi connectivity index (χ3v) is 18.8. The number of hydrogen-bond acceptors (Lipinski definition) is 20. The molecule has 3 aliphatic heterocycles. The van der Waals surface area contributed by atoms with Gasteiger partial charge in [0.25, 0.3) is 0 Å². The number of alkyl carbamates (subject to hydrolysis) is 1. The smallest absolute Gasteiger partial charge is 0.409 e. The van der Waals surface area contributed by atoms with Crippen LogP contribution in [0.1, 0.15) is 72.8 Å². The quantitative estimate of drug-likeness (QED) is 0.0520. The molecule has 0 saturated carbocycles. The Bertz CT molecular complexity index is 3640. The standard InChI is InChI=1S/C70H85N9O19/c1-37-33-79-61(62(37)86)66(90)73-32-40(81)30-52(71)63(87)74-58(38(2)80)67(91)78-34-41(82)31-53(78)64(88)75-59(65(89)76-60(68(79)92)55(84)22-23-72-69(93)97-35-50-46-16-8-4-12-42(46)43-13-5-9-17-47(43)50)56(85)28-39-20-21-54(83)57(29-39)96-27-25-77(24-26-95-3)70(94)98-36-51-48-18-10-6-14-44(48)45-15-7-11-19-49(45)51/h4-21,29,37-38,40-41,50-53,55-56,58-62,80-86H,22-28,30-36,71H2,1-3H3,(H,72,93)(H,73,90)(H,74,87)(H,75,88)(H,76,89)/t37-,38+,40+,41+,52-,53-,55+,56+,58-,59-,60-,61-,62-/m0/s1. The first-order chi connectivity index (χ1) is 47.0. The average Bonchev–Trinajstić information content (AvgIpc) is 1.63. The number of ether oxygens (including phenoxy) is 4. The van der Waals surface area contributed by atoms with Gasteiger partial charge in [0.2, 0.25) is 35.4 Å². The zero-order valence-corrected chi connectivity index (χ0v) is 54.5. The third kappa shape index (κ3) is 16.1. The van der Waals surface area contributed by atoms with Crippen LogP contribution in [-0.4, -0.2) is 244 Å². The highest BCUT2D eigenvalue weighted by atomic mass is 16.6. The molecule has 5 aliphatic rings. The van der Waals surface area contributed by atoms with Crippen molar-refractivity contribution in [1.82, 2.24) is 41.3 Å². The number of rotatable bonds is 19. The lowest BCUT2D eigenvalue weighted by Gasteiger charge is -2.34. The van der Waals surface area contributed by atoms with E-state index in [0.717, 1.165) is 61.2 Å². The van der Waals surface area contributed by atoms with Crippen molar-refractivity contribution in [2.24, 2.45) is 11.7 Å². The number of fused-ring (bicyclic) bond motifs is 8. The summed E-state index contributed by atoms with van der Waals surface area (Å²) in [6.45, 7) is 0.785. The van der Waals surface area contributed by atoms with Gasteiger partial charge in [-0.2, -0.15) is 0 Å². The number of phenols is 1. The van der Waals surface area contributed by atoms with Gasteiger partial charge in [-0.05, 0) is 82.0 Å². The van der Waals surface area contributed by atoms with Crippen LogP contribution < -0.4 is 37.1 Å². The van der Waals surface area contributed by atoms with Gasteiger partial charge in [0.15, 0.2) is 11.5 Å². The molecule has 524 valence electrons. The Balaban J connectivity index is 0.900. The summed E-state index contributed by atoms with van der Waals surface area (Å²) in [5.74, 6) is -8.64. The van der Waals surface area contributed by atoms with Gasteiger partial charge in [-0.15, -0.1) is 0 Å². The molecular formula is C70H85N9O19. The molecule has 0 radical (unpaired) electrons. The second-order valence-electron chi connectivity index (χ2n) is 25.6. The predicted octanol–water partition coefficient (Wildman–Crippen LogP) is 0.0745. The van der Waals surface area contributed by atoms with E-state index in [-0.39, 0.29) is 81.5 Å². The Morgan fingerprint density at radius 1 is 0.653 bits per heavy atom. The number of carbonyl (C=O) groups is 8. The fourth-order valence-corrected chi connectivity index (χ4v) is 13.6. The largest absolute Gasteiger partial charge is 0.504 e. The van der Waals surface area contributed by atoms with E-state index in [2.05, 4.69) is 26.6 Å². The molecule has 13 atom stereocenters. The molecule has 14 N–H and O–H groups in total. The van der Waals surface area contributed by atoms with Gasteiger partial charge in [-0.25, -0.2) is 9.59 Å². The molecule has 0 bridgehead atoms. The third-order valence-electron chi connectivity index (χ3n) is 18.8. The van der Waals surface area contributed by atoms with Gasteiger partial charge in [-0.1, -0.05) is 110 Å². The molecule has 0 spiro atoms. The molecule has 5 aromatic carbocycles. The Morgan fingerprint density at radius 2 is 1.20 bits per heavy atom. The molecule has 2 aliphatic carbocycles. The van der Waals surface area contributed by atoms with E-state index in [1.807, 2.05) is 97.1 Å². The number of phenolic OH excluding ortho intramolecular Hbond substituents is 1. The number of aliphatic hydroxyl groups is 6. The minimum atomic E-state index is -2.15. The normalized spacial score (nSPS) is 24.8. The summed E-state index contributed by atoms with van der Waals surface area (Å²) in [4.78, 5) is 118. The highest BCUT2D eigenvalue weighted by Gasteiger charge is 2.50.